The van der Waals surface area contributed by atoms with Crippen molar-refractivity contribution in [2.24, 2.45) is 13.0 Å². The molecule has 1 fully saturated rings. The summed E-state index contributed by atoms with van der Waals surface area (Å²) in [5.41, 5.74) is 6.42. The molecule has 0 aliphatic heterocycles. The van der Waals surface area contributed by atoms with Crippen molar-refractivity contribution in [2.75, 3.05) is 5.32 Å². The zero-order valence-corrected chi connectivity index (χ0v) is 19.6. The van der Waals surface area contributed by atoms with Crippen LogP contribution in [0.15, 0.2) is 79.4 Å². The summed E-state index contributed by atoms with van der Waals surface area (Å²) in [6, 6.07) is 18.0. The third kappa shape index (κ3) is 4.45. The number of Topliss-reactive ketones (excluding diaryl/α,β-unsaturated/α-hetero) is 1. The van der Waals surface area contributed by atoms with Crippen LogP contribution in [0.5, 0.6) is 0 Å². The first-order valence-corrected chi connectivity index (χ1v) is 11.9. The van der Waals surface area contributed by atoms with Crippen LogP contribution < -0.4 is 5.32 Å². The lowest BCUT2D eigenvalue weighted by Crippen LogP contribution is -2.05. The molecule has 7 heteroatoms. The zero-order valence-electron chi connectivity index (χ0n) is 19.6. The average Bonchev–Trinajstić information content (AvgIpc) is 3.44. The fourth-order valence-corrected chi connectivity index (χ4v) is 4.35. The summed E-state index contributed by atoms with van der Waals surface area (Å²) in [4.78, 5) is 22.1. The van der Waals surface area contributed by atoms with E-state index < -0.39 is 0 Å². The van der Waals surface area contributed by atoms with Crippen molar-refractivity contribution in [3.8, 4) is 22.5 Å². The van der Waals surface area contributed by atoms with Gasteiger partial charge in [0.25, 0.3) is 0 Å². The molecule has 0 amide bonds. The maximum atomic E-state index is 12.5. The van der Waals surface area contributed by atoms with Gasteiger partial charge in [0.05, 0.1) is 23.8 Å². The van der Waals surface area contributed by atoms with Crippen molar-refractivity contribution in [1.29, 1.82) is 0 Å². The van der Waals surface area contributed by atoms with E-state index in [1.807, 2.05) is 74.3 Å². The molecule has 174 valence electrons. The molecule has 0 bridgehead atoms. The minimum Gasteiger partial charge on any atom is -0.363 e. The van der Waals surface area contributed by atoms with E-state index in [0.717, 1.165) is 39.3 Å². The molecule has 1 aliphatic rings. The number of rotatable bonds is 8. The summed E-state index contributed by atoms with van der Waals surface area (Å²) in [5, 5.41) is 7.70. The van der Waals surface area contributed by atoms with Crippen molar-refractivity contribution < 1.29 is 4.79 Å². The third-order valence-corrected chi connectivity index (χ3v) is 6.45. The standard InChI is InChI=1S/C28H26N6O/c1-33-17-20(15-31-33)14-29-27-28-30-16-25(34(28)18-24(32-27)21-5-3-2-4-6-21)22-9-11-23(12-10-22)26(35)13-19-7-8-19/h2-6,9-12,15-19H,7-8,13-14H2,1H3,(H,29,32). The molecule has 3 heterocycles. The van der Waals surface area contributed by atoms with Gasteiger partial charge in [-0.2, -0.15) is 5.10 Å². The van der Waals surface area contributed by atoms with Gasteiger partial charge in [-0.3, -0.25) is 13.9 Å². The molecular formula is C28H26N6O. The Morgan fingerprint density at radius 3 is 2.51 bits per heavy atom. The number of ketones is 1. The second kappa shape index (κ2) is 8.83. The SMILES string of the molecule is Cn1cc(CNc2nc(-c3ccccc3)cn3c(-c4ccc(C(=O)CC5CC5)cc4)cnc23)cn1. The quantitative estimate of drug-likeness (QED) is 0.313. The summed E-state index contributed by atoms with van der Waals surface area (Å²) in [6.45, 7) is 0.592. The summed E-state index contributed by atoms with van der Waals surface area (Å²) in [7, 11) is 1.90. The molecule has 1 N–H and O–H groups in total. The molecule has 7 nitrogen and oxygen atoms in total. The van der Waals surface area contributed by atoms with Gasteiger partial charge in [0.15, 0.2) is 17.2 Å². The van der Waals surface area contributed by atoms with Crippen LogP contribution in [0.1, 0.15) is 35.2 Å². The van der Waals surface area contributed by atoms with Crippen LogP contribution in [-0.4, -0.2) is 29.9 Å². The number of carbonyl (C=O) groups excluding carboxylic acids is 1. The second-order valence-electron chi connectivity index (χ2n) is 9.20. The van der Waals surface area contributed by atoms with E-state index in [1.54, 1.807) is 4.68 Å². The van der Waals surface area contributed by atoms with Gasteiger partial charge in [-0.15, -0.1) is 0 Å². The van der Waals surface area contributed by atoms with Crippen molar-refractivity contribution in [3.63, 3.8) is 0 Å². The molecule has 2 aromatic carbocycles. The Morgan fingerprint density at radius 1 is 1.00 bits per heavy atom. The molecule has 1 aliphatic carbocycles. The third-order valence-electron chi connectivity index (χ3n) is 6.45. The van der Waals surface area contributed by atoms with E-state index in [1.165, 1.54) is 12.8 Å². The van der Waals surface area contributed by atoms with Crippen LogP contribution in [-0.2, 0) is 13.6 Å². The first kappa shape index (κ1) is 21.3. The van der Waals surface area contributed by atoms with Gasteiger partial charge in [0.2, 0.25) is 0 Å². The monoisotopic (exact) mass is 462 g/mol. The Bertz CT molecular complexity index is 1500. The fourth-order valence-electron chi connectivity index (χ4n) is 4.35. The molecule has 5 aromatic rings. The number of imidazole rings is 1. The number of benzene rings is 2. The highest BCUT2D eigenvalue weighted by molar-refractivity contribution is 5.96. The van der Waals surface area contributed by atoms with Crippen molar-refractivity contribution >= 4 is 17.2 Å². The lowest BCUT2D eigenvalue weighted by molar-refractivity contribution is 0.0976. The van der Waals surface area contributed by atoms with Crippen LogP contribution >= 0.6 is 0 Å². The smallest absolute Gasteiger partial charge is 0.180 e. The molecule has 3 aromatic heterocycles. The van der Waals surface area contributed by atoms with Crippen molar-refractivity contribution in [1.82, 2.24) is 24.1 Å². The maximum absolute atomic E-state index is 12.5. The van der Waals surface area contributed by atoms with E-state index in [0.29, 0.717) is 24.7 Å². The Morgan fingerprint density at radius 2 is 1.80 bits per heavy atom. The van der Waals surface area contributed by atoms with E-state index in [4.69, 9.17) is 9.97 Å². The molecule has 0 unspecified atom stereocenters. The first-order valence-electron chi connectivity index (χ1n) is 11.9. The van der Waals surface area contributed by atoms with E-state index in [-0.39, 0.29) is 5.78 Å². The van der Waals surface area contributed by atoms with Gasteiger partial charge < -0.3 is 5.32 Å². The van der Waals surface area contributed by atoms with Crippen molar-refractivity contribution in [3.05, 3.63) is 90.5 Å². The molecule has 35 heavy (non-hydrogen) atoms. The lowest BCUT2D eigenvalue weighted by Gasteiger charge is -2.11. The molecule has 0 radical (unpaired) electrons. The molecular weight excluding hydrogens is 436 g/mol. The number of aryl methyl sites for hydroxylation is 1. The van der Waals surface area contributed by atoms with Crippen LogP contribution in [0, 0.1) is 5.92 Å². The van der Waals surface area contributed by atoms with Crippen LogP contribution in [0.25, 0.3) is 28.2 Å². The Kier molecular flexibility index (Phi) is 5.37. The summed E-state index contributed by atoms with van der Waals surface area (Å²) >= 11 is 0. The van der Waals surface area contributed by atoms with Gasteiger partial charge in [0, 0.05) is 54.7 Å². The lowest BCUT2D eigenvalue weighted by atomic mass is 10.0. The van der Waals surface area contributed by atoms with E-state index in [9.17, 15) is 4.79 Å². The molecule has 0 saturated heterocycles. The number of hydrogen-bond acceptors (Lipinski definition) is 5. The highest BCUT2D eigenvalue weighted by Crippen LogP contribution is 2.34. The van der Waals surface area contributed by atoms with Crippen molar-refractivity contribution in [2.45, 2.75) is 25.8 Å². The maximum Gasteiger partial charge on any atom is 0.180 e. The van der Waals surface area contributed by atoms with Crippen LogP contribution in [0.4, 0.5) is 5.82 Å². The van der Waals surface area contributed by atoms with E-state index in [2.05, 4.69) is 26.9 Å². The zero-order chi connectivity index (χ0) is 23.8. The Labute approximate surface area is 203 Å². The number of aromatic nitrogens is 5. The van der Waals surface area contributed by atoms with Gasteiger partial charge in [-0.25, -0.2) is 9.97 Å². The number of anilines is 1. The number of carbonyl (C=O) groups is 1. The van der Waals surface area contributed by atoms with Gasteiger partial charge >= 0.3 is 0 Å². The number of nitrogens with zero attached hydrogens (tertiary/aromatic N) is 5. The normalized spacial score (nSPS) is 13.3. The Hall–Kier alpha value is -4.26. The minimum atomic E-state index is 0.231. The number of hydrogen-bond donors (Lipinski definition) is 1. The molecule has 0 spiro atoms. The van der Waals surface area contributed by atoms with Gasteiger partial charge in [0.1, 0.15) is 0 Å². The molecule has 0 atom stereocenters. The van der Waals surface area contributed by atoms with Gasteiger partial charge in [-0.1, -0.05) is 54.6 Å². The summed E-state index contributed by atoms with van der Waals surface area (Å²) < 4.78 is 3.86. The largest absolute Gasteiger partial charge is 0.363 e. The van der Waals surface area contributed by atoms with Gasteiger partial charge in [-0.05, 0) is 18.8 Å². The number of fused-ring (bicyclic) bond motifs is 1. The highest BCUT2D eigenvalue weighted by Gasteiger charge is 2.25. The Balaban J connectivity index is 1.38. The average molecular weight is 463 g/mol. The topological polar surface area (TPSA) is 77.1 Å². The van der Waals surface area contributed by atoms with Crippen LogP contribution in [0.2, 0.25) is 0 Å². The predicted molar refractivity (Wildman–Crippen MR) is 136 cm³/mol. The summed E-state index contributed by atoms with van der Waals surface area (Å²) in [6.07, 6.45) is 10.7. The number of nitrogens with one attached hydrogen (secondary N) is 1. The first-order chi connectivity index (χ1) is 17.1. The fraction of sp³-hybridized carbons (Fsp3) is 0.214. The minimum absolute atomic E-state index is 0.231. The van der Waals surface area contributed by atoms with Crippen LogP contribution in [0.3, 0.4) is 0 Å². The van der Waals surface area contributed by atoms with E-state index >= 15 is 0 Å². The second-order valence-corrected chi connectivity index (χ2v) is 9.20. The summed E-state index contributed by atoms with van der Waals surface area (Å²) in [5.74, 6) is 1.52. The molecule has 6 rings (SSSR count). The highest BCUT2D eigenvalue weighted by atomic mass is 16.1. The molecule has 1 saturated carbocycles. The predicted octanol–water partition coefficient (Wildman–Crippen LogP) is 5.39.